The van der Waals surface area contributed by atoms with Gasteiger partial charge in [0.1, 0.15) is 5.60 Å². The Hall–Kier alpha value is -1.14. The van der Waals surface area contributed by atoms with Gasteiger partial charge in [0.2, 0.25) is 5.91 Å². The molecule has 0 radical (unpaired) electrons. The summed E-state index contributed by atoms with van der Waals surface area (Å²) in [5, 5.41) is 0. The quantitative estimate of drug-likeness (QED) is 0.599. The van der Waals surface area contributed by atoms with Crippen LogP contribution >= 0.6 is 0 Å². The molecule has 0 saturated carbocycles. The van der Waals surface area contributed by atoms with Gasteiger partial charge in [-0.15, -0.1) is 0 Å². The normalized spacial score (nSPS) is 21.5. The summed E-state index contributed by atoms with van der Waals surface area (Å²) in [6.07, 6.45) is 0.433. The Morgan fingerprint density at radius 3 is 2.08 bits per heavy atom. The second kappa shape index (κ2) is 8.81. The minimum Gasteiger partial charge on any atom is -0.441 e. The summed E-state index contributed by atoms with van der Waals surface area (Å²) in [6.45, 7) is 14.4. The van der Waals surface area contributed by atoms with Gasteiger partial charge in [-0.3, -0.25) is 4.79 Å². The lowest BCUT2D eigenvalue weighted by molar-refractivity contribution is -0.181. The number of ether oxygens (including phenoxy) is 3. The van der Waals surface area contributed by atoms with Crippen molar-refractivity contribution in [1.82, 2.24) is 4.90 Å². The van der Waals surface area contributed by atoms with E-state index >= 15 is 0 Å². The standard InChI is InChI=1S/C18H33NO5/c1-8-10-22-16(23-11-9-2)13(5)15(20)19-14(12(3)4)18(6,7)24-17(19)21/h12-14,16H,8-11H2,1-7H3/t13-,14+/m1/s1. The van der Waals surface area contributed by atoms with Crippen LogP contribution in [0.15, 0.2) is 0 Å². The van der Waals surface area contributed by atoms with E-state index in [0.717, 1.165) is 12.8 Å². The third-order valence-electron chi connectivity index (χ3n) is 4.18. The fraction of sp³-hybridized carbons (Fsp3) is 0.889. The molecule has 140 valence electrons. The monoisotopic (exact) mass is 343 g/mol. The average Bonchev–Trinajstić information content (AvgIpc) is 2.74. The summed E-state index contributed by atoms with van der Waals surface area (Å²) < 4.78 is 16.8. The largest absolute Gasteiger partial charge is 0.441 e. The molecule has 0 spiro atoms. The van der Waals surface area contributed by atoms with Crippen molar-refractivity contribution in [1.29, 1.82) is 0 Å². The Bertz CT molecular complexity index is 427. The lowest BCUT2D eigenvalue weighted by atomic mass is 9.88. The summed E-state index contributed by atoms with van der Waals surface area (Å²) in [4.78, 5) is 26.6. The Morgan fingerprint density at radius 1 is 1.17 bits per heavy atom. The zero-order valence-corrected chi connectivity index (χ0v) is 16.1. The summed E-state index contributed by atoms with van der Waals surface area (Å²) in [5.74, 6) is -0.790. The molecule has 0 N–H and O–H groups in total. The fourth-order valence-electron chi connectivity index (χ4n) is 3.23. The van der Waals surface area contributed by atoms with Crippen molar-refractivity contribution in [3.8, 4) is 0 Å². The summed E-state index contributed by atoms with van der Waals surface area (Å²) >= 11 is 0. The predicted octanol–water partition coefficient (Wildman–Crippen LogP) is 3.58. The van der Waals surface area contributed by atoms with Crippen molar-refractivity contribution >= 4 is 12.0 Å². The number of cyclic esters (lactones) is 1. The molecule has 6 nitrogen and oxygen atoms in total. The maximum absolute atomic E-state index is 13.0. The molecule has 24 heavy (non-hydrogen) atoms. The van der Waals surface area contributed by atoms with E-state index in [1.165, 1.54) is 4.90 Å². The van der Waals surface area contributed by atoms with Crippen molar-refractivity contribution in [2.75, 3.05) is 13.2 Å². The van der Waals surface area contributed by atoms with E-state index in [1.54, 1.807) is 6.92 Å². The first-order valence-electron chi connectivity index (χ1n) is 8.96. The van der Waals surface area contributed by atoms with Gasteiger partial charge >= 0.3 is 6.09 Å². The van der Waals surface area contributed by atoms with E-state index < -0.39 is 23.9 Å². The Labute approximate surface area is 145 Å². The number of nitrogens with zero attached hydrogens (tertiary/aromatic N) is 1. The van der Waals surface area contributed by atoms with E-state index in [1.807, 2.05) is 41.5 Å². The fourth-order valence-corrected chi connectivity index (χ4v) is 3.23. The molecule has 1 rings (SSSR count). The highest BCUT2D eigenvalue weighted by atomic mass is 16.7. The molecule has 6 heteroatoms. The summed E-state index contributed by atoms with van der Waals surface area (Å²) in [5.41, 5.74) is -0.704. The highest BCUT2D eigenvalue weighted by Gasteiger charge is 2.53. The van der Waals surface area contributed by atoms with Crippen LogP contribution in [0.3, 0.4) is 0 Å². The number of imide groups is 1. The van der Waals surface area contributed by atoms with Crippen LogP contribution in [-0.2, 0) is 19.0 Å². The minimum atomic E-state index is -0.704. The van der Waals surface area contributed by atoms with Crippen molar-refractivity contribution in [3.05, 3.63) is 0 Å². The lowest BCUT2D eigenvalue weighted by Crippen LogP contribution is -2.51. The van der Waals surface area contributed by atoms with Gasteiger partial charge in [0.15, 0.2) is 6.29 Å². The smallest absolute Gasteiger partial charge is 0.417 e. The van der Waals surface area contributed by atoms with Crippen molar-refractivity contribution < 1.29 is 23.8 Å². The highest BCUT2D eigenvalue weighted by Crippen LogP contribution is 2.35. The van der Waals surface area contributed by atoms with Crippen LogP contribution in [0.4, 0.5) is 4.79 Å². The first-order chi connectivity index (χ1) is 11.2. The van der Waals surface area contributed by atoms with Gasteiger partial charge in [0.25, 0.3) is 0 Å². The molecule has 0 aromatic carbocycles. The molecule has 1 saturated heterocycles. The zero-order valence-electron chi connectivity index (χ0n) is 16.1. The molecule has 0 unspecified atom stereocenters. The Balaban J connectivity index is 2.96. The van der Waals surface area contributed by atoms with E-state index in [2.05, 4.69) is 0 Å². The van der Waals surface area contributed by atoms with Crippen LogP contribution in [0.5, 0.6) is 0 Å². The zero-order chi connectivity index (χ0) is 18.5. The molecule has 2 atom stereocenters. The van der Waals surface area contributed by atoms with Gasteiger partial charge in [-0.25, -0.2) is 9.69 Å². The van der Waals surface area contributed by atoms with Crippen molar-refractivity contribution in [2.45, 2.75) is 79.2 Å². The van der Waals surface area contributed by atoms with Gasteiger partial charge in [0.05, 0.1) is 12.0 Å². The predicted molar refractivity (Wildman–Crippen MR) is 91.5 cm³/mol. The highest BCUT2D eigenvalue weighted by molar-refractivity contribution is 5.95. The molecule has 0 aromatic heterocycles. The Morgan fingerprint density at radius 2 is 1.67 bits per heavy atom. The second-order valence-electron chi connectivity index (χ2n) is 7.27. The van der Waals surface area contributed by atoms with Gasteiger partial charge in [-0.2, -0.15) is 0 Å². The minimum absolute atomic E-state index is 0.0918. The van der Waals surface area contributed by atoms with Crippen LogP contribution in [0.2, 0.25) is 0 Å². The molecule has 0 aliphatic carbocycles. The number of hydrogen-bond acceptors (Lipinski definition) is 5. The molecule has 1 aliphatic heterocycles. The molecule has 0 aromatic rings. The van der Waals surface area contributed by atoms with Crippen molar-refractivity contribution in [2.24, 2.45) is 11.8 Å². The number of amides is 2. The topological polar surface area (TPSA) is 65.1 Å². The molecule has 1 aliphatic rings. The Kier molecular flexibility index (Phi) is 7.67. The van der Waals surface area contributed by atoms with Crippen LogP contribution in [-0.4, -0.2) is 48.0 Å². The first-order valence-corrected chi connectivity index (χ1v) is 8.96. The number of rotatable bonds is 9. The molecule has 1 heterocycles. The third kappa shape index (κ3) is 4.70. The first kappa shape index (κ1) is 20.9. The number of carbonyl (C=O) groups excluding carboxylic acids is 2. The molecular weight excluding hydrogens is 310 g/mol. The van der Waals surface area contributed by atoms with Crippen molar-refractivity contribution in [3.63, 3.8) is 0 Å². The van der Waals surface area contributed by atoms with Crippen LogP contribution < -0.4 is 0 Å². The average molecular weight is 343 g/mol. The van der Waals surface area contributed by atoms with Gasteiger partial charge in [0, 0.05) is 13.2 Å². The molecule has 1 fully saturated rings. The molecule has 2 amide bonds. The summed E-state index contributed by atoms with van der Waals surface area (Å²) in [7, 11) is 0. The van der Waals surface area contributed by atoms with E-state index in [0.29, 0.717) is 13.2 Å². The summed E-state index contributed by atoms with van der Waals surface area (Å²) in [6, 6.07) is -0.307. The maximum Gasteiger partial charge on any atom is 0.417 e. The second-order valence-corrected chi connectivity index (χ2v) is 7.27. The van der Waals surface area contributed by atoms with Crippen LogP contribution in [0.25, 0.3) is 0 Å². The van der Waals surface area contributed by atoms with Gasteiger partial charge in [-0.05, 0) is 39.5 Å². The van der Waals surface area contributed by atoms with Crippen LogP contribution in [0, 0.1) is 11.8 Å². The van der Waals surface area contributed by atoms with Crippen LogP contribution in [0.1, 0.15) is 61.3 Å². The van der Waals surface area contributed by atoms with Gasteiger partial charge < -0.3 is 14.2 Å². The molecular formula is C18H33NO5. The molecule has 0 bridgehead atoms. The number of hydrogen-bond donors (Lipinski definition) is 0. The van der Waals surface area contributed by atoms with E-state index in [-0.39, 0.29) is 17.9 Å². The van der Waals surface area contributed by atoms with Gasteiger partial charge in [-0.1, -0.05) is 27.7 Å². The maximum atomic E-state index is 13.0. The lowest BCUT2D eigenvalue weighted by Gasteiger charge is -2.33. The number of carbonyl (C=O) groups is 2. The third-order valence-corrected chi connectivity index (χ3v) is 4.18. The SMILES string of the molecule is CCCOC(OCCC)[C@H](C)C(=O)N1C(=O)OC(C)(C)[C@@H]1C(C)C. The van der Waals surface area contributed by atoms with E-state index in [4.69, 9.17) is 14.2 Å². The van der Waals surface area contributed by atoms with E-state index in [9.17, 15) is 9.59 Å².